The van der Waals surface area contributed by atoms with Crippen molar-refractivity contribution in [1.82, 2.24) is 10.2 Å². The zero-order chi connectivity index (χ0) is 13.1. The molecule has 0 spiro atoms. The molecule has 0 aliphatic heterocycles. The Morgan fingerprint density at radius 3 is 2.41 bits per heavy atom. The summed E-state index contributed by atoms with van der Waals surface area (Å²) in [6.45, 7) is 1.79. The van der Waals surface area contributed by atoms with Crippen molar-refractivity contribution in [3.05, 3.63) is 23.5 Å². The Morgan fingerprint density at radius 1 is 1.41 bits per heavy atom. The number of aliphatic carboxylic acids is 1. The van der Waals surface area contributed by atoms with Crippen molar-refractivity contribution >= 4 is 5.97 Å². The van der Waals surface area contributed by atoms with Crippen LogP contribution >= 0.6 is 0 Å². The minimum absolute atomic E-state index is 0.0485. The summed E-state index contributed by atoms with van der Waals surface area (Å²) in [5.41, 5.74) is -1.07. The third kappa shape index (κ3) is 3.40. The van der Waals surface area contributed by atoms with E-state index in [2.05, 4.69) is 10.2 Å². The molecule has 0 saturated carbocycles. The maximum absolute atomic E-state index is 12.2. The van der Waals surface area contributed by atoms with Gasteiger partial charge in [0.2, 0.25) is 0 Å². The molecule has 0 saturated heterocycles. The van der Waals surface area contributed by atoms with Gasteiger partial charge in [-0.2, -0.15) is 18.3 Å². The zero-order valence-electron chi connectivity index (χ0n) is 9.03. The van der Waals surface area contributed by atoms with E-state index >= 15 is 0 Å². The van der Waals surface area contributed by atoms with Gasteiger partial charge in [0.1, 0.15) is 5.92 Å². The number of alkyl halides is 3. The van der Waals surface area contributed by atoms with Crippen molar-refractivity contribution in [2.45, 2.75) is 31.9 Å². The van der Waals surface area contributed by atoms with Crippen LogP contribution in [0.15, 0.2) is 12.1 Å². The van der Waals surface area contributed by atoms with Gasteiger partial charge in [0.15, 0.2) is 5.69 Å². The second-order valence-electron chi connectivity index (χ2n) is 3.52. The molecular formula is C10H11F3N2O2. The van der Waals surface area contributed by atoms with Crippen LogP contribution in [-0.4, -0.2) is 21.3 Å². The fourth-order valence-corrected chi connectivity index (χ4v) is 1.37. The fourth-order valence-electron chi connectivity index (χ4n) is 1.37. The average Bonchev–Trinajstić information content (AvgIpc) is 2.24. The highest BCUT2D eigenvalue weighted by atomic mass is 19.4. The Morgan fingerprint density at radius 2 is 2.06 bits per heavy atom. The third-order valence-electron chi connectivity index (χ3n) is 2.21. The molecule has 7 heteroatoms. The molecule has 17 heavy (non-hydrogen) atoms. The Kier molecular flexibility index (Phi) is 4.03. The number of nitrogens with zero attached hydrogens (tertiary/aromatic N) is 2. The quantitative estimate of drug-likeness (QED) is 0.889. The molecule has 0 amide bonds. The SMILES string of the molecule is CCCC(C(=O)O)c1ccc(C(F)(F)F)nn1. The monoisotopic (exact) mass is 248 g/mol. The summed E-state index contributed by atoms with van der Waals surface area (Å²) in [6.07, 6.45) is -3.65. The average molecular weight is 248 g/mol. The molecule has 1 unspecified atom stereocenters. The molecule has 0 fully saturated rings. The normalized spacial score (nSPS) is 13.4. The standard InChI is InChI=1S/C10H11F3N2O2/c1-2-3-6(9(16)17)7-4-5-8(15-14-7)10(11,12)13/h4-6H,2-3H2,1H3,(H,16,17). The van der Waals surface area contributed by atoms with Crippen molar-refractivity contribution in [2.24, 2.45) is 0 Å². The number of hydrogen-bond acceptors (Lipinski definition) is 3. The largest absolute Gasteiger partial charge is 0.481 e. The van der Waals surface area contributed by atoms with Crippen LogP contribution in [0.5, 0.6) is 0 Å². The second-order valence-corrected chi connectivity index (χ2v) is 3.52. The van der Waals surface area contributed by atoms with Gasteiger partial charge in [0, 0.05) is 0 Å². The molecular weight excluding hydrogens is 237 g/mol. The highest BCUT2D eigenvalue weighted by Gasteiger charge is 2.33. The second kappa shape index (κ2) is 5.11. The van der Waals surface area contributed by atoms with E-state index in [0.717, 1.165) is 12.1 Å². The maximum atomic E-state index is 12.2. The number of carboxylic acids is 1. The summed E-state index contributed by atoms with van der Waals surface area (Å²) >= 11 is 0. The summed E-state index contributed by atoms with van der Waals surface area (Å²) in [5.74, 6) is -2.02. The van der Waals surface area contributed by atoms with Crippen molar-refractivity contribution in [2.75, 3.05) is 0 Å². The molecule has 0 radical (unpaired) electrons. The lowest BCUT2D eigenvalue weighted by Crippen LogP contribution is -2.16. The molecule has 0 aliphatic carbocycles. The van der Waals surface area contributed by atoms with Gasteiger partial charge in [-0.05, 0) is 18.6 Å². The predicted molar refractivity (Wildman–Crippen MR) is 52.3 cm³/mol. The highest BCUT2D eigenvalue weighted by Crippen LogP contribution is 2.28. The van der Waals surface area contributed by atoms with Gasteiger partial charge in [-0.25, -0.2) is 0 Å². The van der Waals surface area contributed by atoms with Crippen LogP contribution in [0.2, 0.25) is 0 Å². The Balaban J connectivity index is 2.96. The maximum Gasteiger partial charge on any atom is 0.435 e. The molecule has 1 heterocycles. The van der Waals surface area contributed by atoms with Crippen LogP contribution in [0.3, 0.4) is 0 Å². The Labute approximate surface area is 95.5 Å². The molecule has 1 aromatic rings. The molecule has 0 aliphatic rings. The first-order chi connectivity index (χ1) is 7.86. The van der Waals surface area contributed by atoms with E-state index in [1.165, 1.54) is 0 Å². The molecule has 1 N–H and O–H groups in total. The number of carboxylic acid groups (broad SMARTS) is 1. The molecule has 1 atom stereocenters. The van der Waals surface area contributed by atoms with E-state index in [0.29, 0.717) is 12.8 Å². The number of aromatic nitrogens is 2. The molecule has 4 nitrogen and oxygen atoms in total. The Bertz CT molecular complexity index is 390. The van der Waals surface area contributed by atoms with E-state index in [1.807, 2.05) is 0 Å². The summed E-state index contributed by atoms with van der Waals surface area (Å²) in [7, 11) is 0. The van der Waals surface area contributed by atoms with Crippen LogP contribution in [0.25, 0.3) is 0 Å². The van der Waals surface area contributed by atoms with Crippen molar-refractivity contribution in [3.63, 3.8) is 0 Å². The van der Waals surface area contributed by atoms with Gasteiger partial charge in [0.25, 0.3) is 0 Å². The zero-order valence-corrected chi connectivity index (χ0v) is 9.03. The summed E-state index contributed by atoms with van der Waals surface area (Å²) in [6, 6.07) is 1.80. The van der Waals surface area contributed by atoms with Gasteiger partial charge in [-0.1, -0.05) is 13.3 Å². The first-order valence-corrected chi connectivity index (χ1v) is 5.00. The van der Waals surface area contributed by atoms with Crippen molar-refractivity contribution in [1.29, 1.82) is 0 Å². The lowest BCUT2D eigenvalue weighted by molar-refractivity contribution is -0.141. The first-order valence-electron chi connectivity index (χ1n) is 5.00. The lowest BCUT2D eigenvalue weighted by atomic mass is 10.00. The Hall–Kier alpha value is -1.66. The van der Waals surface area contributed by atoms with E-state index in [-0.39, 0.29) is 5.69 Å². The van der Waals surface area contributed by atoms with E-state index in [4.69, 9.17) is 5.11 Å². The van der Waals surface area contributed by atoms with Gasteiger partial charge in [0.05, 0.1) is 5.69 Å². The van der Waals surface area contributed by atoms with Crippen molar-refractivity contribution in [3.8, 4) is 0 Å². The molecule has 0 bridgehead atoms. The minimum atomic E-state index is -4.56. The van der Waals surface area contributed by atoms with E-state index in [9.17, 15) is 18.0 Å². The third-order valence-corrected chi connectivity index (χ3v) is 2.21. The number of rotatable bonds is 4. The van der Waals surface area contributed by atoms with E-state index in [1.54, 1.807) is 6.92 Å². The molecule has 94 valence electrons. The summed E-state index contributed by atoms with van der Waals surface area (Å²) in [4.78, 5) is 10.9. The number of carbonyl (C=O) groups is 1. The fraction of sp³-hybridized carbons (Fsp3) is 0.500. The summed E-state index contributed by atoms with van der Waals surface area (Å²) < 4.78 is 36.6. The predicted octanol–water partition coefficient (Wildman–Crippen LogP) is 2.46. The van der Waals surface area contributed by atoms with Crippen LogP contribution in [0.4, 0.5) is 13.2 Å². The van der Waals surface area contributed by atoms with Gasteiger partial charge < -0.3 is 5.11 Å². The number of hydrogen-bond donors (Lipinski definition) is 1. The number of halogens is 3. The van der Waals surface area contributed by atoms with E-state index < -0.39 is 23.8 Å². The first kappa shape index (κ1) is 13.4. The van der Waals surface area contributed by atoms with Crippen molar-refractivity contribution < 1.29 is 23.1 Å². The molecule has 1 aromatic heterocycles. The lowest BCUT2D eigenvalue weighted by Gasteiger charge is -2.10. The van der Waals surface area contributed by atoms with Crippen LogP contribution in [0, 0.1) is 0 Å². The summed E-state index contributed by atoms with van der Waals surface area (Å²) in [5, 5.41) is 15.2. The van der Waals surface area contributed by atoms with Gasteiger partial charge in [-0.15, -0.1) is 5.10 Å². The smallest absolute Gasteiger partial charge is 0.435 e. The highest BCUT2D eigenvalue weighted by molar-refractivity contribution is 5.75. The van der Waals surface area contributed by atoms with Gasteiger partial charge in [-0.3, -0.25) is 4.79 Å². The molecule has 1 rings (SSSR count). The van der Waals surface area contributed by atoms with Crippen LogP contribution in [-0.2, 0) is 11.0 Å². The molecule has 0 aromatic carbocycles. The van der Waals surface area contributed by atoms with Crippen LogP contribution in [0.1, 0.15) is 37.1 Å². The van der Waals surface area contributed by atoms with Gasteiger partial charge >= 0.3 is 12.1 Å². The minimum Gasteiger partial charge on any atom is -0.481 e. The van der Waals surface area contributed by atoms with Crippen LogP contribution < -0.4 is 0 Å². The topological polar surface area (TPSA) is 63.1 Å².